The SMILES string of the molecule is O[C@H]1CC[C@H](O)[C@@]23CCN(CC4CCC4)CCc4ccc(F)c(c42)O[C@@H]13. The maximum atomic E-state index is 14.5. The molecule has 2 aliphatic carbocycles. The van der Waals surface area contributed by atoms with Crippen molar-refractivity contribution in [3.05, 3.63) is 29.1 Å². The molecule has 5 heteroatoms. The van der Waals surface area contributed by atoms with E-state index in [1.807, 2.05) is 6.07 Å². The third-order valence-electron chi connectivity index (χ3n) is 7.37. The molecule has 0 radical (unpaired) electrons. The quantitative estimate of drug-likeness (QED) is 0.849. The predicted molar refractivity (Wildman–Crippen MR) is 95.8 cm³/mol. The van der Waals surface area contributed by atoms with Gasteiger partial charge >= 0.3 is 0 Å². The van der Waals surface area contributed by atoms with Crippen LogP contribution < -0.4 is 4.74 Å². The molecule has 5 rings (SSSR count). The molecule has 0 unspecified atom stereocenters. The van der Waals surface area contributed by atoms with Crippen LogP contribution in [0.4, 0.5) is 4.39 Å². The van der Waals surface area contributed by atoms with Gasteiger partial charge in [0, 0.05) is 18.7 Å². The third kappa shape index (κ3) is 2.36. The first-order valence-electron chi connectivity index (χ1n) is 10.2. The molecule has 4 nitrogen and oxygen atoms in total. The molecular formula is C21H28FNO3. The maximum Gasteiger partial charge on any atom is 0.165 e. The molecule has 2 saturated carbocycles. The standard InChI is InChI=1S/C21H28FNO3/c22-15-5-4-14-8-10-23(12-13-2-1-3-13)11-9-21-17(25)7-6-16(24)20(21)26-19(15)18(14)21/h4-5,13,16-17,20,24-25H,1-3,6-12H2/t16-,17-,20-,21-/m0/s1. The number of aliphatic hydroxyl groups is 2. The number of rotatable bonds is 2. The van der Waals surface area contributed by atoms with Crippen molar-refractivity contribution < 1.29 is 19.3 Å². The van der Waals surface area contributed by atoms with E-state index in [-0.39, 0.29) is 11.6 Å². The van der Waals surface area contributed by atoms with Gasteiger partial charge in [0.05, 0.1) is 17.6 Å². The van der Waals surface area contributed by atoms with E-state index in [0.717, 1.165) is 43.1 Å². The van der Waals surface area contributed by atoms with Gasteiger partial charge in [-0.15, -0.1) is 0 Å². The highest BCUT2D eigenvalue weighted by Crippen LogP contribution is 2.55. The van der Waals surface area contributed by atoms with E-state index in [1.54, 1.807) is 0 Å². The first-order valence-corrected chi connectivity index (χ1v) is 10.2. The summed E-state index contributed by atoms with van der Waals surface area (Å²) in [4.78, 5) is 2.51. The minimum Gasteiger partial charge on any atom is -0.483 e. The van der Waals surface area contributed by atoms with Gasteiger partial charge in [-0.05, 0) is 62.6 Å². The summed E-state index contributed by atoms with van der Waals surface area (Å²) in [6.45, 7) is 2.95. The van der Waals surface area contributed by atoms with Crippen LogP contribution in [0.2, 0.25) is 0 Å². The van der Waals surface area contributed by atoms with Crippen LogP contribution in [0, 0.1) is 11.7 Å². The van der Waals surface area contributed by atoms with Gasteiger partial charge in [-0.3, -0.25) is 0 Å². The van der Waals surface area contributed by atoms with Crippen molar-refractivity contribution in [1.29, 1.82) is 0 Å². The van der Waals surface area contributed by atoms with Crippen LogP contribution in [0.3, 0.4) is 0 Å². The highest BCUT2D eigenvalue weighted by Gasteiger charge is 2.60. The van der Waals surface area contributed by atoms with Gasteiger partial charge in [-0.25, -0.2) is 4.39 Å². The van der Waals surface area contributed by atoms with E-state index < -0.39 is 23.7 Å². The lowest BCUT2D eigenvalue weighted by atomic mass is 9.62. The third-order valence-corrected chi connectivity index (χ3v) is 7.37. The Hall–Kier alpha value is -1.17. The summed E-state index contributed by atoms with van der Waals surface area (Å²) in [5, 5.41) is 21.7. The molecule has 2 fully saturated rings. The van der Waals surface area contributed by atoms with Crippen LogP contribution in [0.15, 0.2) is 12.1 Å². The molecule has 26 heavy (non-hydrogen) atoms. The minimum atomic E-state index is -0.678. The Morgan fingerprint density at radius 2 is 2.00 bits per heavy atom. The number of hydrogen-bond acceptors (Lipinski definition) is 4. The summed E-state index contributed by atoms with van der Waals surface area (Å²) in [5.41, 5.74) is 1.25. The van der Waals surface area contributed by atoms with Crippen molar-refractivity contribution in [3.63, 3.8) is 0 Å². The molecule has 0 bridgehead atoms. The molecule has 1 aromatic rings. The average Bonchev–Trinajstić information content (AvgIpc) is 2.94. The van der Waals surface area contributed by atoms with Crippen LogP contribution in [-0.2, 0) is 11.8 Å². The van der Waals surface area contributed by atoms with E-state index >= 15 is 0 Å². The smallest absolute Gasteiger partial charge is 0.165 e. The number of hydrogen-bond donors (Lipinski definition) is 2. The molecular weight excluding hydrogens is 333 g/mol. The molecule has 0 aromatic heterocycles. The largest absolute Gasteiger partial charge is 0.483 e. The summed E-state index contributed by atoms with van der Waals surface area (Å²) < 4.78 is 20.5. The second-order valence-corrected chi connectivity index (χ2v) is 8.75. The summed E-state index contributed by atoms with van der Waals surface area (Å²) in [6.07, 6.45) is 4.79. The van der Waals surface area contributed by atoms with E-state index in [4.69, 9.17) is 4.74 Å². The Balaban J connectivity index is 1.56. The molecule has 0 amide bonds. The van der Waals surface area contributed by atoms with Gasteiger partial charge in [0.15, 0.2) is 11.6 Å². The topological polar surface area (TPSA) is 52.9 Å². The minimum absolute atomic E-state index is 0.278. The fraction of sp³-hybridized carbons (Fsp3) is 0.714. The predicted octanol–water partition coefficient (Wildman–Crippen LogP) is 2.39. The van der Waals surface area contributed by atoms with Crippen molar-refractivity contribution in [1.82, 2.24) is 4.90 Å². The lowest BCUT2D eigenvalue weighted by Crippen LogP contribution is -2.59. The van der Waals surface area contributed by atoms with Gasteiger partial charge in [-0.2, -0.15) is 0 Å². The Bertz CT molecular complexity index is 707. The molecule has 2 heterocycles. The summed E-state index contributed by atoms with van der Waals surface area (Å²) in [5.74, 6) is 0.705. The number of aliphatic hydroxyl groups excluding tert-OH is 2. The number of benzene rings is 1. The molecule has 2 aliphatic heterocycles. The molecule has 142 valence electrons. The van der Waals surface area contributed by atoms with Gasteiger partial charge in [0.2, 0.25) is 0 Å². The molecule has 1 aromatic carbocycles. The Kier molecular flexibility index (Phi) is 4.03. The summed E-state index contributed by atoms with van der Waals surface area (Å²) >= 11 is 0. The lowest BCUT2D eigenvalue weighted by Gasteiger charge is -2.47. The second-order valence-electron chi connectivity index (χ2n) is 8.75. The van der Waals surface area contributed by atoms with Crippen LogP contribution in [-0.4, -0.2) is 53.1 Å². The number of nitrogens with zero attached hydrogens (tertiary/aromatic N) is 1. The monoisotopic (exact) mass is 361 g/mol. The molecule has 4 atom stereocenters. The first-order chi connectivity index (χ1) is 12.6. The Morgan fingerprint density at radius 1 is 1.15 bits per heavy atom. The number of halogens is 1. The fourth-order valence-electron chi connectivity index (χ4n) is 5.71. The van der Waals surface area contributed by atoms with E-state index in [1.165, 1.54) is 25.3 Å². The van der Waals surface area contributed by atoms with Crippen molar-refractivity contribution in [3.8, 4) is 5.75 Å². The van der Waals surface area contributed by atoms with E-state index in [2.05, 4.69) is 4.90 Å². The molecule has 4 aliphatic rings. The van der Waals surface area contributed by atoms with Crippen molar-refractivity contribution in [2.45, 2.75) is 68.7 Å². The zero-order valence-corrected chi connectivity index (χ0v) is 15.2. The summed E-state index contributed by atoms with van der Waals surface area (Å²) in [7, 11) is 0. The highest BCUT2D eigenvalue weighted by atomic mass is 19.1. The second kappa shape index (κ2) is 6.18. The first kappa shape index (κ1) is 17.0. The van der Waals surface area contributed by atoms with Gasteiger partial charge < -0.3 is 19.8 Å². The van der Waals surface area contributed by atoms with Crippen LogP contribution in [0.1, 0.15) is 49.7 Å². The Morgan fingerprint density at radius 3 is 2.77 bits per heavy atom. The number of ether oxygens (including phenoxy) is 1. The zero-order valence-electron chi connectivity index (χ0n) is 15.2. The van der Waals surface area contributed by atoms with Crippen LogP contribution in [0.5, 0.6) is 5.75 Å². The average molecular weight is 361 g/mol. The highest BCUT2D eigenvalue weighted by molar-refractivity contribution is 5.53. The molecule has 1 spiro atoms. The van der Waals surface area contributed by atoms with Gasteiger partial charge in [-0.1, -0.05) is 12.5 Å². The maximum absolute atomic E-state index is 14.5. The Labute approximate surface area is 154 Å². The van der Waals surface area contributed by atoms with Crippen molar-refractivity contribution in [2.75, 3.05) is 19.6 Å². The lowest BCUT2D eigenvalue weighted by molar-refractivity contribution is -0.0911. The van der Waals surface area contributed by atoms with Gasteiger partial charge in [0.1, 0.15) is 6.10 Å². The fourth-order valence-corrected chi connectivity index (χ4v) is 5.71. The van der Waals surface area contributed by atoms with E-state index in [9.17, 15) is 14.6 Å². The van der Waals surface area contributed by atoms with Crippen LogP contribution >= 0.6 is 0 Å². The van der Waals surface area contributed by atoms with E-state index in [0.29, 0.717) is 19.3 Å². The zero-order chi connectivity index (χ0) is 17.9. The van der Waals surface area contributed by atoms with Crippen LogP contribution in [0.25, 0.3) is 0 Å². The van der Waals surface area contributed by atoms with Crippen molar-refractivity contribution >= 4 is 0 Å². The van der Waals surface area contributed by atoms with Gasteiger partial charge in [0.25, 0.3) is 0 Å². The van der Waals surface area contributed by atoms with Crippen molar-refractivity contribution in [2.24, 2.45) is 5.92 Å². The summed E-state index contributed by atoms with van der Waals surface area (Å²) in [6, 6.07) is 3.35. The molecule has 0 saturated heterocycles. The molecule has 2 N–H and O–H groups in total. The normalized spacial score (nSPS) is 37.1.